The Hall–Kier alpha value is -2.97. The highest BCUT2D eigenvalue weighted by Gasteiger charge is 2.13. The topological polar surface area (TPSA) is 67.2 Å². The molecule has 6 heteroatoms. The van der Waals surface area contributed by atoms with Gasteiger partial charge < -0.3 is 14.8 Å². The smallest absolute Gasteiger partial charge is 0.145 e. The number of nitriles is 1. The minimum atomic E-state index is 0. The summed E-state index contributed by atoms with van der Waals surface area (Å²) in [6.07, 6.45) is 2.50. The molecule has 0 bridgehead atoms. The van der Waals surface area contributed by atoms with Gasteiger partial charge in [0.25, 0.3) is 0 Å². The Morgan fingerprint density at radius 1 is 1.12 bits per heavy atom. The quantitative estimate of drug-likeness (QED) is 0.696. The van der Waals surface area contributed by atoms with Crippen molar-refractivity contribution in [1.82, 2.24) is 4.98 Å². The van der Waals surface area contributed by atoms with E-state index < -0.39 is 0 Å². The molecule has 3 aromatic rings. The number of aromatic nitrogens is 1. The first-order chi connectivity index (χ1) is 12.2. The summed E-state index contributed by atoms with van der Waals surface area (Å²) in [5.74, 6) is 1.34. The number of hydrogen-bond donors (Lipinski definition) is 1. The number of pyridine rings is 1. The van der Waals surface area contributed by atoms with Crippen molar-refractivity contribution in [3.63, 3.8) is 0 Å². The third kappa shape index (κ3) is 3.66. The lowest BCUT2D eigenvalue weighted by Gasteiger charge is -2.15. The molecule has 1 N–H and O–H groups in total. The lowest BCUT2D eigenvalue weighted by atomic mass is 10.0. The Morgan fingerprint density at radius 2 is 1.92 bits per heavy atom. The highest BCUT2D eigenvalue weighted by Crippen LogP contribution is 2.35. The molecule has 1 heterocycles. The van der Waals surface area contributed by atoms with E-state index >= 15 is 0 Å². The maximum atomic E-state index is 9.51. The van der Waals surface area contributed by atoms with E-state index in [1.165, 1.54) is 5.56 Å². The van der Waals surface area contributed by atoms with Gasteiger partial charge in [-0.05, 0) is 36.2 Å². The summed E-state index contributed by atoms with van der Waals surface area (Å²) in [7, 11) is 3.21. The molecule has 2 aromatic carbocycles. The van der Waals surface area contributed by atoms with E-state index in [0.29, 0.717) is 17.1 Å². The molecule has 0 amide bonds. The third-order valence-electron chi connectivity index (χ3n) is 4.13. The van der Waals surface area contributed by atoms with Gasteiger partial charge in [-0.3, -0.25) is 4.98 Å². The van der Waals surface area contributed by atoms with Gasteiger partial charge in [0.15, 0.2) is 0 Å². The van der Waals surface area contributed by atoms with Crippen molar-refractivity contribution >= 4 is 34.7 Å². The molecule has 134 valence electrons. The van der Waals surface area contributed by atoms with Crippen LogP contribution in [0.5, 0.6) is 11.5 Å². The minimum Gasteiger partial charge on any atom is -0.497 e. The molecule has 1 aromatic heterocycles. The van der Waals surface area contributed by atoms with E-state index in [1.807, 2.05) is 18.2 Å². The monoisotopic (exact) mass is 369 g/mol. The number of benzene rings is 2. The summed E-state index contributed by atoms with van der Waals surface area (Å²) in [5.41, 5.74) is 4.00. The molecule has 5 nitrogen and oxygen atoms in total. The maximum Gasteiger partial charge on any atom is 0.145 e. The Balaban J connectivity index is 0.00000243. The van der Waals surface area contributed by atoms with Gasteiger partial charge in [0.1, 0.15) is 17.6 Å². The summed E-state index contributed by atoms with van der Waals surface area (Å²) in [6.45, 7) is 2.10. The van der Waals surface area contributed by atoms with Crippen molar-refractivity contribution in [3.8, 4) is 17.6 Å². The first-order valence-corrected chi connectivity index (χ1v) is 8.01. The van der Waals surface area contributed by atoms with Crippen molar-refractivity contribution < 1.29 is 9.47 Å². The summed E-state index contributed by atoms with van der Waals surface area (Å²) < 4.78 is 10.7. The second-order valence-electron chi connectivity index (χ2n) is 5.55. The molecule has 0 aliphatic carbocycles. The Labute approximate surface area is 159 Å². The van der Waals surface area contributed by atoms with Crippen LogP contribution in [0.15, 0.2) is 42.6 Å². The molecule has 0 unspecified atom stereocenters. The van der Waals surface area contributed by atoms with Gasteiger partial charge in [0.2, 0.25) is 0 Å². The van der Waals surface area contributed by atoms with Gasteiger partial charge in [0.05, 0.1) is 36.7 Å². The van der Waals surface area contributed by atoms with Crippen molar-refractivity contribution in [3.05, 3.63) is 53.7 Å². The van der Waals surface area contributed by atoms with Crippen LogP contribution in [-0.4, -0.2) is 19.2 Å². The molecule has 0 aliphatic rings. The SMILES string of the molecule is CCc1ccc2ncc(C#N)c(Nc3ccc(OC)cc3OC)c2c1.Cl. The van der Waals surface area contributed by atoms with E-state index in [-0.39, 0.29) is 12.4 Å². The maximum absolute atomic E-state index is 9.51. The van der Waals surface area contributed by atoms with E-state index in [9.17, 15) is 5.26 Å². The number of fused-ring (bicyclic) bond motifs is 1. The van der Waals surface area contributed by atoms with Crippen molar-refractivity contribution in [2.45, 2.75) is 13.3 Å². The molecule has 0 aliphatic heterocycles. The molecule has 0 saturated carbocycles. The fraction of sp³-hybridized carbons (Fsp3) is 0.200. The number of ether oxygens (including phenoxy) is 2. The van der Waals surface area contributed by atoms with Gasteiger partial charge in [-0.25, -0.2) is 0 Å². The van der Waals surface area contributed by atoms with Crippen LogP contribution in [0.25, 0.3) is 10.9 Å². The van der Waals surface area contributed by atoms with Crippen LogP contribution < -0.4 is 14.8 Å². The number of anilines is 2. The summed E-state index contributed by atoms with van der Waals surface area (Å²) >= 11 is 0. The van der Waals surface area contributed by atoms with E-state index in [0.717, 1.165) is 28.7 Å². The standard InChI is InChI=1S/C20H19N3O2.ClH/c1-4-13-5-7-17-16(9-13)20(14(11-21)12-22-17)23-18-8-6-15(24-2)10-19(18)25-3;/h5-10,12H,4H2,1-3H3,(H,22,23);1H. The number of nitrogens with zero attached hydrogens (tertiary/aromatic N) is 2. The van der Waals surface area contributed by atoms with Crippen LogP contribution in [0.3, 0.4) is 0 Å². The van der Waals surface area contributed by atoms with Crippen LogP contribution in [0.4, 0.5) is 11.4 Å². The largest absolute Gasteiger partial charge is 0.497 e. The highest BCUT2D eigenvalue weighted by atomic mass is 35.5. The summed E-state index contributed by atoms with van der Waals surface area (Å²) in [4.78, 5) is 4.39. The molecule has 0 fully saturated rings. The second kappa shape index (κ2) is 8.41. The zero-order valence-electron chi connectivity index (χ0n) is 14.9. The fourth-order valence-corrected chi connectivity index (χ4v) is 2.72. The van der Waals surface area contributed by atoms with Gasteiger partial charge in [-0.2, -0.15) is 5.26 Å². The van der Waals surface area contributed by atoms with Gasteiger partial charge in [-0.1, -0.05) is 13.0 Å². The average molecular weight is 370 g/mol. The Morgan fingerprint density at radius 3 is 2.58 bits per heavy atom. The number of halogens is 1. The Kier molecular flexibility index (Phi) is 6.26. The number of methoxy groups -OCH3 is 2. The first kappa shape index (κ1) is 19.4. The normalized spacial score (nSPS) is 9.92. The number of nitrogens with one attached hydrogen (secondary N) is 1. The van der Waals surface area contributed by atoms with Crippen LogP contribution in [0.1, 0.15) is 18.1 Å². The molecular formula is C20H20ClN3O2. The number of hydrogen-bond acceptors (Lipinski definition) is 5. The minimum absolute atomic E-state index is 0. The van der Waals surface area contributed by atoms with Crippen molar-refractivity contribution in [2.24, 2.45) is 0 Å². The zero-order valence-corrected chi connectivity index (χ0v) is 15.7. The lowest BCUT2D eigenvalue weighted by molar-refractivity contribution is 0.395. The van der Waals surface area contributed by atoms with E-state index in [4.69, 9.17) is 9.47 Å². The van der Waals surface area contributed by atoms with Crippen molar-refractivity contribution in [1.29, 1.82) is 5.26 Å². The average Bonchev–Trinajstić information content (AvgIpc) is 2.67. The predicted octanol–water partition coefficient (Wildman–Crippen LogP) is 4.85. The molecule has 26 heavy (non-hydrogen) atoms. The summed E-state index contributed by atoms with van der Waals surface area (Å²) in [5, 5.41) is 13.8. The molecule has 0 spiro atoms. The predicted molar refractivity (Wildman–Crippen MR) is 106 cm³/mol. The Bertz CT molecular complexity index is 967. The van der Waals surface area contributed by atoms with Gasteiger partial charge >= 0.3 is 0 Å². The molecule has 0 radical (unpaired) electrons. The number of rotatable bonds is 5. The summed E-state index contributed by atoms with van der Waals surface area (Å²) in [6, 6.07) is 13.8. The van der Waals surface area contributed by atoms with Crippen LogP contribution >= 0.6 is 12.4 Å². The zero-order chi connectivity index (χ0) is 17.8. The second-order valence-corrected chi connectivity index (χ2v) is 5.55. The van der Waals surface area contributed by atoms with Crippen molar-refractivity contribution in [2.75, 3.05) is 19.5 Å². The molecule has 0 atom stereocenters. The first-order valence-electron chi connectivity index (χ1n) is 8.01. The number of aryl methyl sites for hydroxylation is 1. The molecular weight excluding hydrogens is 350 g/mol. The van der Waals surface area contributed by atoms with Crippen LogP contribution in [0, 0.1) is 11.3 Å². The van der Waals surface area contributed by atoms with Gasteiger partial charge in [-0.15, -0.1) is 12.4 Å². The van der Waals surface area contributed by atoms with E-state index in [2.05, 4.69) is 35.4 Å². The highest BCUT2D eigenvalue weighted by molar-refractivity contribution is 5.96. The third-order valence-corrected chi connectivity index (χ3v) is 4.13. The fourth-order valence-electron chi connectivity index (χ4n) is 2.72. The van der Waals surface area contributed by atoms with Crippen LogP contribution in [-0.2, 0) is 6.42 Å². The molecule has 3 rings (SSSR count). The molecule has 0 saturated heterocycles. The lowest BCUT2D eigenvalue weighted by Crippen LogP contribution is -2.00. The van der Waals surface area contributed by atoms with Crippen LogP contribution in [0.2, 0.25) is 0 Å². The van der Waals surface area contributed by atoms with Gasteiger partial charge in [0, 0.05) is 17.6 Å². The van der Waals surface area contributed by atoms with E-state index in [1.54, 1.807) is 26.5 Å².